The standard InChI is InChI=1S/C19H31F2N3O2.HI/c1-5-25-17(14(2)3)9-10-23-19(22-4)24-12-15-7-6-8-16(11-15)26-13-18(20)21;/h6-8,11,14,17-18H,5,9-10,12-13H2,1-4H3,(H2,22,23,24);1H. The minimum absolute atomic E-state index is 0. The van der Waals surface area contributed by atoms with Crippen molar-refractivity contribution in [2.75, 3.05) is 26.8 Å². The lowest BCUT2D eigenvalue weighted by Gasteiger charge is -2.21. The van der Waals surface area contributed by atoms with Gasteiger partial charge in [0.2, 0.25) is 0 Å². The molecule has 8 heteroatoms. The largest absolute Gasteiger partial charge is 0.488 e. The van der Waals surface area contributed by atoms with Crippen LogP contribution in [-0.4, -0.2) is 45.3 Å². The molecule has 2 N–H and O–H groups in total. The SMILES string of the molecule is CCOC(CCNC(=NC)NCc1cccc(OCC(F)F)c1)C(C)C.I. The predicted octanol–water partition coefficient (Wildman–Crippen LogP) is 4.06. The van der Waals surface area contributed by atoms with E-state index in [0.717, 1.165) is 18.5 Å². The molecule has 0 saturated heterocycles. The van der Waals surface area contributed by atoms with Gasteiger partial charge in [0.25, 0.3) is 6.43 Å². The first kappa shape index (κ1) is 25.8. The summed E-state index contributed by atoms with van der Waals surface area (Å²) in [7, 11) is 1.71. The number of nitrogens with zero attached hydrogens (tertiary/aromatic N) is 1. The van der Waals surface area contributed by atoms with E-state index in [2.05, 4.69) is 29.5 Å². The number of aliphatic imine (C=N–C) groups is 1. The summed E-state index contributed by atoms with van der Waals surface area (Å²) < 4.78 is 35.2. The van der Waals surface area contributed by atoms with Crippen molar-refractivity contribution in [2.24, 2.45) is 10.9 Å². The van der Waals surface area contributed by atoms with Gasteiger partial charge < -0.3 is 20.1 Å². The average Bonchev–Trinajstić information content (AvgIpc) is 2.62. The Morgan fingerprint density at radius 3 is 2.56 bits per heavy atom. The maximum absolute atomic E-state index is 12.2. The summed E-state index contributed by atoms with van der Waals surface area (Å²) in [5, 5.41) is 6.47. The number of hydrogen-bond donors (Lipinski definition) is 2. The third-order valence-electron chi connectivity index (χ3n) is 3.80. The molecule has 1 aromatic carbocycles. The van der Waals surface area contributed by atoms with Crippen LogP contribution in [0.1, 0.15) is 32.8 Å². The second-order valence-corrected chi connectivity index (χ2v) is 6.23. The molecule has 27 heavy (non-hydrogen) atoms. The Kier molecular flexibility index (Phi) is 14.2. The normalized spacial score (nSPS) is 12.7. The van der Waals surface area contributed by atoms with Gasteiger partial charge in [0, 0.05) is 26.7 Å². The van der Waals surface area contributed by atoms with Crippen molar-refractivity contribution in [1.29, 1.82) is 0 Å². The molecule has 0 saturated carbocycles. The zero-order chi connectivity index (χ0) is 19.4. The number of rotatable bonds is 11. The summed E-state index contributed by atoms with van der Waals surface area (Å²) in [5.74, 6) is 1.58. The number of benzene rings is 1. The molecule has 0 spiro atoms. The molecule has 0 aliphatic rings. The summed E-state index contributed by atoms with van der Waals surface area (Å²) in [6, 6.07) is 7.09. The van der Waals surface area contributed by atoms with Gasteiger partial charge >= 0.3 is 0 Å². The van der Waals surface area contributed by atoms with Crippen molar-refractivity contribution in [2.45, 2.75) is 46.3 Å². The number of nitrogens with one attached hydrogen (secondary N) is 2. The van der Waals surface area contributed by atoms with E-state index in [0.29, 0.717) is 30.8 Å². The Bertz CT molecular complexity index is 545. The average molecular weight is 499 g/mol. The van der Waals surface area contributed by atoms with Crippen molar-refractivity contribution in [1.82, 2.24) is 10.6 Å². The Labute approximate surface area is 178 Å². The Morgan fingerprint density at radius 2 is 1.96 bits per heavy atom. The van der Waals surface area contributed by atoms with Crippen LogP contribution in [-0.2, 0) is 11.3 Å². The highest BCUT2D eigenvalue weighted by atomic mass is 127. The molecule has 0 fully saturated rings. The highest BCUT2D eigenvalue weighted by molar-refractivity contribution is 14.0. The van der Waals surface area contributed by atoms with Crippen molar-refractivity contribution in [3.05, 3.63) is 29.8 Å². The fraction of sp³-hybridized carbons (Fsp3) is 0.632. The molecular formula is C19H32F2IN3O2. The highest BCUT2D eigenvalue weighted by Crippen LogP contribution is 2.14. The third-order valence-corrected chi connectivity index (χ3v) is 3.80. The van der Waals surface area contributed by atoms with Gasteiger partial charge in [-0.3, -0.25) is 4.99 Å². The van der Waals surface area contributed by atoms with Crippen LogP contribution in [0.15, 0.2) is 29.3 Å². The van der Waals surface area contributed by atoms with Crippen LogP contribution in [0, 0.1) is 5.92 Å². The van der Waals surface area contributed by atoms with Gasteiger partial charge in [0.05, 0.1) is 6.10 Å². The molecule has 0 bridgehead atoms. The van der Waals surface area contributed by atoms with Crippen LogP contribution in [0.2, 0.25) is 0 Å². The lowest BCUT2D eigenvalue weighted by molar-refractivity contribution is 0.0258. The number of ether oxygens (including phenoxy) is 2. The van der Waals surface area contributed by atoms with Gasteiger partial charge in [-0.15, -0.1) is 24.0 Å². The maximum Gasteiger partial charge on any atom is 0.272 e. The lowest BCUT2D eigenvalue weighted by Crippen LogP contribution is -2.38. The number of halogens is 3. The van der Waals surface area contributed by atoms with Gasteiger partial charge in [-0.05, 0) is 37.0 Å². The van der Waals surface area contributed by atoms with E-state index < -0.39 is 13.0 Å². The number of guanidine groups is 1. The van der Waals surface area contributed by atoms with E-state index in [1.165, 1.54) is 0 Å². The first-order chi connectivity index (χ1) is 12.5. The van der Waals surface area contributed by atoms with Gasteiger partial charge in [-0.25, -0.2) is 8.78 Å². The second-order valence-electron chi connectivity index (χ2n) is 6.23. The molecule has 0 amide bonds. The minimum atomic E-state index is -2.48. The van der Waals surface area contributed by atoms with Crippen molar-refractivity contribution in [3.8, 4) is 5.75 Å². The van der Waals surface area contributed by atoms with E-state index in [9.17, 15) is 8.78 Å². The topological polar surface area (TPSA) is 54.9 Å². The summed E-state index contributed by atoms with van der Waals surface area (Å²) in [6.45, 7) is 7.68. The van der Waals surface area contributed by atoms with Crippen LogP contribution in [0.4, 0.5) is 8.78 Å². The first-order valence-electron chi connectivity index (χ1n) is 9.02. The monoisotopic (exact) mass is 499 g/mol. The summed E-state index contributed by atoms with van der Waals surface area (Å²) >= 11 is 0. The molecule has 156 valence electrons. The Morgan fingerprint density at radius 1 is 1.22 bits per heavy atom. The third kappa shape index (κ3) is 11.3. The van der Waals surface area contributed by atoms with E-state index in [1.54, 1.807) is 25.2 Å². The van der Waals surface area contributed by atoms with Gasteiger partial charge in [0.1, 0.15) is 12.4 Å². The predicted molar refractivity (Wildman–Crippen MR) is 116 cm³/mol. The van der Waals surface area contributed by atoms with E-state index in [1.807, 2.05) is 13.0 Å². The van der Waals surface area contributed by atoms with E-state index in [4.69, 9.17) is 9.47 Å². The minimum Gasteiger partial charge on any atom is -0.488 e. The molecular weight excluding hydrogens is 467 g/mol. The summed E-state index contributed by atoms with van der Waals surface area (Å²) in [5.41, 5.74) is 0.925. The van der Waals surface area contributed by atoms with Crippen molar-refractivity contribution in [3.63, 3.8) is 0 Å². The highest BCUT2D eigenvalue weighted by Gasteiger charge is 2.13. The smallest absolute Gasteiger partial charge is 0.272 e. The van der Waals surface area contributed by atoms with Gasteiger partial charge in [-0.2, -0.15) is 0 Å². The van der Waals surface area contributed by atoms with Crippen LogP contribution in [0.5, 0.6) is 5.75 Å². The van der Waals surface area contributed by atoms with Crippen LogP contribution < -0.4 is 15.4 Å². The van der Waals surface area contributed by atoms with E-state index >= 15 is 0 Å². The van der Waals surface area contributed by atoms with Crippen LogP contribution >= 0.6 is 24.0 Å². The Hall–Kier alpha value is -1.16. The van der Waals surface area contributed by atoms with Gasteiger partial charge in [0.15, 0.2) is 5.96 Å². The maximum atomic E-state index is 12.2. The fourth-order valence-electron chi connectivity index (χ4n) is 2.47. The molecule has 0 aromatic heterocycles. The molecule has 5 nitrogen and oxygen atoms in total. The molecule has 0 aliphatic heterocycles. The summed E-state index contributed by atoms with van der Waals surface area (Å²) in [6.07, 6.45) is -1.37. The molecule has 0 aliphatic carbocycles. The van der Waals surface area contributed by atoms with Crippen molar-refractivity contribution >= 4 is 29.9 Å². The molecule has 0 radical (unpaired) electrons. The first-order valence-corrected chi connectivity index (χ1v) is 9.02. The zero-order valence-corrected chi connectivity index (χ0v) is 18.8. The molecule has 1 rings (SSSR count). The van der Waals surface area contributed by atoms with Gasteiger partial charge in [-0.1, -0.05) is 26.0 Å². The summed E-state index contributed by atoms with van der Waals surface area (Å²) in [4.78, 5) is 4.20. The van der Waals surface area contributed by atoms with Crippen molar-refractivity contribution < 1.29 is 18.3 Å². The molecule has 1 unspecified atom stereocenters. The quantitative estimate of drug-likeness (QED) is 0.274. The number of hydrogen-bond acceptors (Lipinski definition) is 3. The van der Waals surface area contributed by atoms with Crippen LogP contribution in [0.3, 0.4) is 0 Å². The van der Waals surface area contributed by atoms with E-state index in [-0.39, 0.29) is 30.1 Å². The molecule has 1 aromatic rings. The molecule has 1 atom stereocenters. The Balaban J connectivity index is 0.00000676. The van der Waals surface area contributed by atoms with Crippen LogP contribution in [0.25, 0.3) is 0 Å². The number of alkyl halides is 2. The molecule has 0 heterocycles. The fourth-order valence-corrected chi connectivity index (χ4v) is 2.47. The lowest BCUT2D eigenvalue weighted by atomic mass is 10.0. The zero-order valence-electron chi connectivity index (χ0n) is 16.5. The second kappa shape index (κ2) is 14.8.